The van der Waals surface area contributed by atoms with E-state index < -0.39 is 11.7 Å². The highest BCUT2D eigenvalue weighted by Crippen LogP contribution is 2.24. The molecule has 0 radical (unpaired) electrons. The van der Waals surface area contributed by atoms with E-state index in [0.717, 1.165) is 0 Å². The van der Waals surface area contributed by atoms with Crippen molar-refractivity contribution < 1.29 is 23.9 Å². The quantitative estimate of drug-likeness (QED) is 0.573. The van der Waals surface area contributed by atoms with E-state index in [4.69, 9.17) is 9.94 Å². The van der Waals surface area contributed by atoms with Crippen LogP contribution in [0.3, 0.4) is 0 Å². The molecule has 8 heteroatoms. The number of rotatable bonds is 4. The van der Waals surface area contributed by atoms with Crippen LogP contribution >= 0.6 is 0 Å². The first kappa shape index (κ1) is 17.8. The van der Waals surface area contributed by atoms with Gasteiger partial charge in [0.2, 0.25) is 5.91 Å². The third kappa shape index (κ3) is 3.81. The van der Waals surface area contributed by atoms with E-state index >= 15 is 0 Å². The Bertz CT molecular complexity index is 856. The molecule has 26 heavy (non-hydrogen) atoms. The highest BCUT2D eigenvalue weighted by molar-refractivity contribution is 5.97. The molecule has 0 fully saturated rings. The number of amides is 2. The van der Waals surface area contributed by atoms with Gasteiger partial charge in [0.15, 0.2) is 0 Å². The van der Waals surface area contributed by atoms with Gasteiger partial charge in [-0.15, -0.1) is 0 Å². The predicted octanol–water partition coefficient (Wildman–Crippen LogP) is 1.91. The van der Waals surface area contributed by atoms with Crippen molar-refractivity contribution in [2.45, 2.75) is 13.1 Å². The van der Waals surface area contributed by atoms with E-state index in [2.05, 4.69) is 5.32 Å². The van der Waals surface area contributed by atoms with Crippen molar-refractivity contribution in [1.82, 2.24) is 10.4 Å². The zero-order valence-electron chi connectivity index (χ0n) is 14.1. The molecule has 1 heterocycles. The number of hydroxylamine groups is 1. The Morgan fingerprint density at radius 2 is 2.12 bits per heavy atom. The van der Waals surface area contributed by atoms with Crippen molar-refractivity contribution in [3.63, 3.8) is 0 Å². The summed E-state index contributed by atoms with van der Waals surface area (Å²) in [6.07, 6.45) is 0. The summed E-state index contributed by atoms with van der Waals surface area (Å²) in [7, 11) is 1.46. The molecule has 0 spiro atoms. The van der Waals surface area contributed by atoms with Gasteiger partial charge in [-0.3, -0.25) is 19.7 Å². The van der Waals surface area contributed by atoms with Crippen LogP contribution in [0.1, 0.15) is 21.5 Å². The molecule has 0 aromatic heterocycles. The Balaban J connectivity index is 1.86. The Labute approximate surface area is 149 Å². The molecule has 1 aliphatic rings. The van der Waals surface area contributed by atoms with Crippen LogP contribution in [0.2, 0.25) is 0 Å². The molecule has 0 unspecified atom stereocenters. The van der Waals surface area contributed by atoms with Gasteiger partial charge in [-0.05, 0) is 29.8 Å². The third-order valence-corrected chi connectivity index (χ3v) is 4.16. The molecule has 136 valence electrons. The largest absolute Gasteiger partial charge is 0.497 e. The molecule has 0 aliphatic carbocycles. The molecule has 2 aromatic carbocycles. The van der Waals surface area contributed by atoms with Crippen LogP contribution in [0.5, 0.6) is 5.75 Å². The number of nitrogens with one attached hydrogen (secondary N) is 2. The van der Waals surface area contributed by atoms with Crippen molar-refractivity contribution >= 4 is 17.5 Å². The molecule has 0 saturated carbocycles. The number of fused-ring (bicyclic) bond motifs is 1. The van der Waals surface area contributed by atoms with Gasteiger partial charge in [-0.1, -0.05) is 6.07 Å². The zero-order chi connectivity index (χ0) is 18.7. The topological polar surface area (TPSA) is 90.9 Å². The molecule has 3 N–H and O–H groups in total. The van der Waals surface area contributed by atoms with Gasteiger partial charge in [-0.2, -0.15) is 0 Å². The summed E-state index contributed by atoms with van der Waals surface area (Å²) in [6.45, 7) is 0.646. The lowest BCUT2D eigenvalue weighted by molar-refractivity contribution is -0.117. The van der Waals surface area contributed by atoms with E-state index in [-0.39, 0.29) is 24.6 Å². The lowest BCUT2D eigenvalue weighted by atomic mass is 10.1. The second kappa shape index (κ2) is 7.51. The van der Waals surface area contributed by atoms with Crippen LogP contribution in [0.4, 0.5) is 10.1 Å². The second-order valence-electron chi connectivity index (χ2n) is 5.96. The molecular weight excluding hydrogens is 341 g/mol. The van der Waals surface area contributed by atoms with Crippen LogP contribution in [0.25, 0.3) is 0 Å². The molecule has 0 saturated heterocycles. The zero-order valence-corrected chi connectivity index (χ0v) is 14.1. The van der Waals surface area contributed by atoms with Gasteiger partial charge in [0.1, 0.15) is 11.6 Å². The summed E-state index contributed by atoms with van der Waals surface area (Å²) in [5.74, 6) is -0.861. The number of methoxy groups -OCH3 is 1. The van der Waals surface area contributed by atoms with Gasteiger partial charge in [0.05, 0.1) is 13.7 Å². The van der Waals surface area contributed by atoms with Crippen molar-refractivity contribution in [1.29, 1.82) is 0 Å². The van der Waals surface area contributed by atoms with E-state index in [1.54, 1.807) is 34.6 Å². The fourth-order valence-electron chi connectivity index (χ4n) is 2.88. The molecule has 2 aromatic rings. The number of carbonyl (C=O) groups is 2. The summed E-state index contributed by atoms with van der Waals surface area (Å²) >= 11 is 0. The molecule has 0 atom stereocenters. The van der Waals surface area contributed by atoms with E-state index in [1.807, 2.05) is 0 Å². The van der Waals surface area contributed by atoms with Gasteiger partial charge in [0.25, 0.3) is 5.91 Å². The van der Waals surface area contributed by atoms with Crippen LogP contribution in [0.15, 0.2) is 36.4 Å². The molecular formula is C18H18FN3O4. The highest BCUT2D eigenvalue weighted by atomic mass is 19.1. The van der Waals surface area contributed by atoms with E-state index in [0.29, 0.717) is 29.1 Å². The monoisotopic (exact) mass is 359 g/mol. The number of ether oxygens (including phenoxy) is 1. The standard InChI is InChI=1S/C18H18FN3O4/c1-26-14-4-2-12(15(19)7-14)8-22-9-13-6-11(18(24)21-25)3-5-16(13)20-17(23)10-22/h2-7,25H,8-10H2,1H3,(H,20,23)(H,21,24). The number of hydrogen-bond donors (Lipinski definition) is 3. The Hall–Kier alpha value is -2.97. The van der Waals surface area contributed by atoms with Crippen LogP contribution in [-0.2, 0) is 17.9 Å². The fraction of sp³-hybridized carbons (Fsp3) is 0.222. The SMILES string of the molecule is COc1ccc(CN2CC(=O)Nc3ccc(C(=O)NO)cc3C2)c(F)c1. The Kier molecular flexibility index (Phi) is 5.15. The molecule has 2 amide bonds. The van der Waals surface area contributed by atoms with E-state index in [9.17, 15) is 14.0 Å². The van der Waals surface area contributed by atoms with Gasteiger partial charge in [-0.25, -0.2) is 9.87 Å². The smallest absolute Gasteiger partial charge is 0.274 e. The number of anilines is 1. The average Bonchev–Trinajstić information content (AvgIpc) is 2.79. The first-order valence-electron chi connectivity index (χ1n) is 7.92. The average molecular weight is 359 g/mol. The Morgan fingerprint density at radius 3 is 2.81 bits per heavy atom. The minimum absolute atomic E-state index is 0.0850. The van der Waals surface area contributed by atoms with Crippen molar-refractivity contribution in [3.8, 4) is 5.75 Å². The minimum atomic E-state index is -0.642. The van der Waals surface area contributed by atoms with Gasteiger partial charge < -0.3 is 10.1 Å². The summed E-state index contributed by atoms with van der Waals surface area (Å²) in [6, 6.07) is 9.27. The Morgan fingerprint density at radius 1 is 1.31 bits per heavy atom. The first-order chi connectivity index (χ1) is 12.5. The number of halogens is 1. The molecule has 3 rings (SSSR count). The van der Waals surface area contributed by atoms with E-state index in [1.165, 1.54) is 19.2 Å². The minimum Gasteiger partial charge on any atom is -0.497 e. The van der Waals surface area contributed by atoms with Gasteiger partial charge >= 0.3 is 0 Å². The summed E-state index contributed by atoms with van der Waals surface area (Å²) in [5.41, 5.74) is 3.56. The number of benzene rings is 2. The lowest BCUT2D eigenvalue weighted by Gasteiger charge is -2.20. The van der Waals surface area contributed by atoms with Gasteiger partial charge in [0, 0.05) is 36.0 Å². The molecule has 0 bridgehead atoms. The number of hydrogen-bond acceptors (Lipinski definition) is 5. The lowest BCUT2D eigenvalue weighted by Crippen LogP contribution is -2.29. The molecule has 1 aliphatic heterocycles. The molecule has 7 nitrogen and oxygen atoms in total. The summed E-state index contributed by atoms with van der Waals surface area (Å²) < 4.78 is 19.2. The van der Waals surface area contributed by atoms with Crippen molar-refractivity contribution in [2.24, 2.45) is 0 Å². The van der Waals surface area contributed by atoms with Crippen molar-refractivity contribution in [2.75, 3.05) is 19.0 Å². The highest BCUT2D eigenvalue weighted by Gasteiger charge is 2.21. The van der Waals surface area contributed by atoms with Crippen molar-refractivity contribution in [3.05, 3.63) is 58.9 Å². The fourth-order valence-corrected chi connectivity index (χ4v) is 2.88. The number of carbonyl (C=O) groups excluding carboxylic acids is 2. The summed E-state index contributed by atoms with van der Waals surface area (Å²) in [4.78, 5) is 25.5. The maximum absolute atomic E-state index is 14.2. The van der Waals surface area contributed by atoms with Crippen LogP contribution < -0.4 is 15.5 Å². The predicted molar refractivity (Wildman–Crippen MR) is 91.4 cm³/mol. The maximum Gasteiger partial charge on any atom is 0.274 e. The normalized spacial score (nSPS) is 14.2. The third-order valence-electron chi connectivity index (χ3n) is 4.16. The van der Waals surface area contributed by atoms with Crippen LogP contribution in [-0.4, -0.2) is 35.6 Å². The first-order valence-corrected chi connectivity index (χ1v) is 7.92. The van der Waals surface area contributed by atoms with Crippen LogP contribution in [0, 0.1) is 5.82 Å². The maximum atomic E-state index is 14.2. The number of nitrogens with zero attached hydrogens (tertiary/aromatic N) is 1. The summed E-state index contributed by atoms with van der Waals surface area (Å²) in [5, 5.41) is 11.5. The second-order valence-corrected chi connectivity index (χ2v) is 5.96.